The third kappa shape index (κ3) is 4.26. The van der Waals surface area contributed by atoms with Gasteiger partial charge < -0.3 is 10.1 Å². The number of benzene rings is 1. The maximum absolute atomic E-state index is 13.4. The highest BCUT2D eigenvalue weighted by molar-refractivity contribution is 7.17. The van der Waals surface area contributed by atoms with Crippen LogP contribution in [-0.2, 0) is 6.42 Å². The highest BCUT2D eigenvalue weighted by Gasteiger charge is 2.10. The number of halogens is 2. The fraction of sp³-hybridized carbons (Fsp3) is 0.100. The molecule has 3 heterocycles. The van der Waals surface area contributed by atoms with Crippen LogP contribution >= 0.6 is 22.9 Å². The number of hydrogen-bond acceptors (Lipinski definition) is 7. The first-order valence-corrected chi connectivity index (χ1v) is 9.84. The minimum Gasteiger partial charge on any atom is -0.454 e. The number of nitrogens with zero attached hydrogens (tertiary/aromatic N) is 4. The molecule has 1 N–H and O–H groups in total. The summed E-state index contributed by atoms with van der Waals surface area (Å²) in [6, 6.07) is 10.4. The van der Waals surface area contributed by atoms with Gasteiger partial charge in [0.2, 0.25) is 0 Å². The third-order valence-corrected chi connectivity index (χ3v) is 5.42. The van der Waals surface area contributed by atoms with E-state index in [2.05, 4.69) is 20.3 Å². The SMILES string of the molecule is N#Cc1ncc(F)cc1Oc1ccc(CCNc2ncnc3scc(Cl)c23)cc1. The molecule has 0 radical (unpaired) electrons. The van der Waals surface area contributed by atoms with E-state index in [1.807, 2.05) is 23.6 Å². The number of rotatable bonds is 6. The van der Waals surface area contributed by atoms with E-state index in [0.717, 1.165) is 34.5 Å². The molecule has 0 aliphatic carbocycles. The molecule has 0 aliphatic rings. The van der Waals surface area contributed by atoms with E-state index >= 15 is 0 Å². The van der Waals surface area contributed by atoms with Crippen molar-refractivity contribution in [3.05, 3.63) is 70.3 Å². The molecule has 0 spiro atoms. The van der Waals surface area contributed by atoms with Crippen molar-refractivity contribution in [2.24, 2.45) is 0 Å². The predicted molar refractivity (Wildman–Crippen MR) is 110 cm³/mol. The molecule has 9 heteroatoms. The quantitative estimate of drug-likeness (QED) is 0.457. The van der Waals surface area contributed by atoms with Crippen LogP contribution in [0.25, 0.3) is 10.2 Å². The van der Waals surface area contributed by atoms with Crippen molar-refractivity contribution in [2.45, 2.75) is 6.42 Å². The van der Waals surface area contributed by atoms with Crippen LogP contribution in [0.4, 0.5) is 10.2 Å². The van der Waals surface area contributed by atoms with Crippen molar-refractivity contribution >= 4 is 39.0 Å². The number of pyridine rings is 1. The molecule has 0 unspecified atom stereocenters. The van der Waals surface area contributed by atoms with Gasteiger partial charge in [0.25, 0.3) is 0 Å². The van der Waals surface area contributed by atoms with E-state index in [1.165, 1.54) is 17.7 Å². The maximum Gasteiger partial charge on any atom is 0.183 e. The van der Waals surface area contributed by atoms with Crippen LogP contribution in [0.3, 0.4) is 0 Å². The van der Waals surface area contributed by atoms with Crippen LogP contribution in [0.1, 0.15) is 11.3 Å². The summed E-state index contributed by atoms with van der Waals surface area (Å²) >= 11 is 7.70. The Kier molecular flexibility index (Phi) is 5.51. The number of hydrogen-bond donors (Lipinski definition) is 1. The highest BCUT2D eigenvalue weighted by atomic mass is 35.5. The van der Waals surface area contributed by atoms with Crippen LogP contribution in [0.2, 0.25) is 5.02 Å². The first-order chi connectivity index (χ1) is 14.1. The molecular weight excluding hydrogens is 413 g/mol. The molecule has 0 atom stereocenters. The van der Waals surface area contributed by atoms with Gasteiger partial charge in [-0.2, -0.15) is 5.26 Å². The Bertz CT molecular complexity index is 1210. The van der Waals surface area contributed by atoms with Gasteiger partial charge in [-0.05, 0) is 24.1 Å². The van der Waals surface area contributed by atoms with Gasteiger partial charge in [0.1, 0.15) is 34.6 Å². The summed E-state index contributed by atoms with van der Waals surface area (Å²) in [5, 5.41) is 15.7. The molecule has 1 aromatic carbocycles. The highest BCUT2D eigenvalue weighted by Crippen LogP contribution is 2.32. The van der Waals surface area contributed by atoms with Crippen molar-refractivity contribution in [1.82, 2.24) is 15.0 Å². The summed E-state index contributed by atoms with van der Waals surface area (Å²) in [5.74, 6) is 0.727. The second kappa shape index (κ2) is 8.39. The summed E-state index contributed by atoms with van der Waals surface area (Å²) in [6.45, 7) is 0.658. The maximum atomic E-state index is 13.4. The molecule has 4 rings (SSSR count). The summed E-state index contributed by atoms with van der Waals surface area (Å²) in [6.07, 6.45) is 3.25. The number of fused-ring (bicyclic) bond motifs is 1. The molecule has 0 aliphatic heterocycles. The second-order valence-corrected chi connectivity index (χ2v) is 7.29. The van der Waals surface area contributed by atoms with Crippen molar-refractivity contribution in [1.29, 1.82) is 5.26 Å². The number of nitrogens with one attached hydrogen (secondary N) is 1. The lowest BCUT2D eigenvalue weighted by atomic mass is 10.1. The monoisotopic (exact) mass is 425 g/mol. The lowest BCUT2D eigenvalue weighted by molar-refractivity contribution is 0.471. The van der Waals surface area contributed by atoms with Gasteiger partial charge in [0.15, 0.2) is 11.4 Å². The van der Waals surface area contributed by atoms with Gasteiger partial charge in [-0.15, -0.1) is 11.3 Å². The van der Waals surface area contributed by atoms with E-state index in [9.17, 15) is 4.39 Å². The van der Waals surface area contributed by atoms with E-state index < -0.39 is 5.82 Å². The normalized spacial score (nSPS) is 10.7. The van der Waals surface area contributed by atoms with E-state index in [-0.39, 0.29) is 11.4 Å². The minimum absolute atomic E-state index is 0.0305. The van der Waals surface area contributed by atoms with Crippen molar-refractivity contribution < 1.29 is 9.13 Å². The first-order valence-electron chi connectivity index (χ1n) is 8.58. The van der Waals surface area contributed by atoms with Crippen LogP contribution in [0.5, 0.6) is 11.5 Å². The zero-order valence-electron chi connectivity index (χ0n) is 14.9. The van der Waals surface area contributed by atoms with Gasteiger partial charge in [-0.25, -0.2) is 19.3 Å². The Balaban J connectivity index is 1.39. The summed E-state index contributed by atoms with van der Waals surface area (Å²) in [4.78, 5) is 13.0. The van der Waals surface area contributed by atoms with E-state index in [4.69, 9.17) is 21.6 Å². The average Bonchev–Trinajstić information content (AvgIpc) is 3.11. The molecule has 144 valence electrons. The van der Waals surface area contributed by atoms with Crippen LogP contribution in [-0.4, -0.2) is 21.5 Å². The Morgan fingerprint density at radius 2 is 2.03 bits per heavy atom. The zero-order chi connectivity index (χ0) is 20.2. The molecule has 0 fully saturated rings. The molecule has 3 aromatic heterocycles. The Labute approximate surface area is 174 Å². The fourth-order valence-electron chi connectivity index (χ4n) is 2.73. The molecule has 6 nitrogen and oxygen atoms in total. The number of ether oxygens (including phenoxy) is 1. The lowest BCUT2D eigenvalue weighted by Crippen LogP contribution is -2.06. The molecule has 0 amide bonds. The van der Waals surface area contributed by atoms with Crippen molar-refractivity contribution in [3.8, 4) is 17.6 Å². The minimum atomic E-state index is -0.564. The largest absolute Gasteiger partial charge is 0.454 e. The number of nitriles is 1. The van der Waals surface area contributed by atoms with Gasteiger partial charge in [-0.3, -0.25) is 0 Å². The molecule has 0 saturated heterocycles. The smallest absolute Gasteiger partial charge is 0.183 e. The van der Waals surface area contributed by atoms with E-state index in [0.29, 0.717) is 23.1 Å². The number of thiophene rings is 1. The van der Waals surface area contributed by atoms with Crippen LogP contribution in [0, 0.1) is 17.1 Å². The Hall–Kier alpha value is -3.28. The second-order valence-electron chi connectivity index (χ2n) is 6.02. The Morgan fingerprint density at radius 3 is 2.83 bits per heavy atom. The molecular formula is C20H13ClFN5OS. The number of anilines is 1. The van der Waals surface area contributed by atoms with Crippen LogP contribution in [0.15, 0.2) is 48.2 Å². The summed E-state index contributed by atoms with van der Waals surface area (Å²) < 4.78 is 18.9. The third-order valence-electron chi connectivity index (χ3n) is 4.11. The predicted octanol–water partition coefficient (Wildman–Crippen LogP) is 5.20. The molecule has 0 bridgehead atoms. The van der Waals surface area contributed by atoms with Gasteiger partial charge in [0.05, 0.1) is 16.6 Å². The van der Waals surface area contributed by atoms with Gasteiger partial charge in [0, 0.05) is 18.0 Å². The standard InChI is InChI=1S/C20H13ClFN5OS/c21-15-10-29-20-18(15)19(26-11-27-20)24-6-5-12-1-3-14(4-2-12)28-17-7-13(22)9-25-16(17)8-23/h1-4,7,9-11H,5-6H2,(H,24,26,27). The zero-order valence-corrected chi connectivity index (χ0v) is 16.5. The molecule has 0 saturated carbocycles. The summed E-state index contributed by atoms with van der Waals surface area (Å²) in [5.41, 5.74) is 1.10. The average molecular weight is 426 g/mol. The molecule has 4 aromatic rings. The number of aromatic nitrogens is 3. The van der Waals surface area contributed by atoms with E-state index in [1.54, 1.807) is 12.1 Å². The molecule has 29 heavy (non-hydrogen) atoms. The fourth-order valence-corrected chi connectivity index (χ4v) is 3.87. The van der Waals surface area contributed by atoms with Gasteiger partial charge in [-0.1, -0.05) is 23.7 Å². The van der Waals surface area contributed by atoms with Crippen molar-refractivity contribution in [3.63, 3.8) is 0 Å². The lowest BCUT2D eigenvalue weighted by Gasteiger charge is -2.09. The summed E-state index contributed by atoms with van der Waals surface area (Å²) in [7, 11) is 0. The van der Waals surface area contributed by atoms with Gasteiger partial charge >= 0.3 is 0 Å². The van der Waals surface area contributed by atoms with Crippen LogP contribution < -0.4 is 10.1 Å². The van der Waals surface area contributed by atoms with Crippen molar-refractivity contribution in [2.75, 3.05) is 11.9 Å². The Morgan fingerprint density at radius 1 is 1.21 bits per heavy atom. The topological polar surface area (TPSA) is 83.7 Å². The first kappa shape index (κ1) is 19.1.